The summed E-state index contributed by atoms with van der Waals surface area (Å²) in [5, 5.41) is 9.57. The van der Waals surface area contributed by atoms with E-state index in [-0.39, 0.29) is 35.9 Å². The van der Waals surface area contributed by atoms with Crippen LogP contribution in [0.1, 0.15) is 56.5 Å². The summed E-state index contributed by atoms with van der Waals surface area (Å²) >= 11 is 0. The van der Waals surface area contributed by atoms with Crippen LogP contribution < -0.4 is 16.0 Å². The first kappa shape index (κ1) is 22.7. The molecule has 3 N–H and O–H groups in total. The zero-order chi connectivity index (χ0) is 17.2. The van der Waals surface area contributed by atoms with E-state index in [1.807, 2.05) is 31.2 Å². The SMILES string of the molecule is CCC(C)NC(=O)c1ccc(CNC(=NC)NC(C)CC)cc1.I. The molecule has 1 amide bonds. The van der Waals surface area contributed by atoms with E-state index in [4.69, 9.17) is 0 Å². The lowest BCUT2D eigenvalue weighted by atomic mass is 10.1. The minimum Gasteiger partial charge on any atom is -0.354 e. The van der Waals surface area contributed by atoms with Crippen molar-refractivity contribution in [2.45, 2.75) is 59.2 Å². The lowest BCUT2D eigenvalue weighted by Crippen LogP contribution is -2.41. The van der Waals surface area contributed by atoms with Gasteiger partial charge in [0.2, 0.25) is 0 Å². The Morgan fingerprint density at radius 2 is 1.58 bits per heavy atom. The van der Waals surface area contributed by atoms with E-state index < -0.39 is 0 Å². The van der Waals surface area contributed by atoms with Crippen LogP contribution in [0, 0.1) is 0 Å². The molecule has 0 spiro atoms. The highest BCUT2D eigenvalue weighted by Crippen LogP contribution is 2.05. The van der Waals surface area contributed by atoms with E-state index in [0.717, 1.165) is 24.4 Å². The summed E-state index contributed by atoms with van der Waals surface area (Å²) in [6, 6.07) is 8.23. The number of nitrogens with zero attached hydrogens (tertiary/aromatic N) is 1. The van der Waals surface area contributed by atoms with Crippen molar-refractivity contribution in [3.63, 3.8) is 0 Å². The Kier molecular flexibility index (Phi) is 11.4. The third kappa shape index (κ3) is 7.99. The van der Waals surface area contributed by atoms with Crippen LogP contribution >= 0.6 is 24.0 Å². The van der Waals surface area contributed by atoms with Gasteiger partial charge in [-0.2, -0.15) is 0 Å². The van der Waals surface area contributed by atoms with Gasteiger partial charge in [0.15, 0.2) is 5.96 Å². The Morgan fingerprint density at radius 1 is 1.04 bits per heavy atom. The van der Waals surface area contributed by atoms with Gasteiger partial charge in [-0.1, -0.05) is 26.0 Å². The number of benzene rings is 1. The molecule has 0 radical (unpaired) electrons. The van der Waals surface area contributed by atoms with Crippen LogP contribution in [0.5, 0.6) is 0 Å². The molecule has 5 nitrogen and oxygen atoms in total. The molecule has 136 valence electrons. The molecule has 6 heteroatoms. The van der Waals surface area contributed by atoms with Crippen molar-refractivity contribution in [1.82, 2.24) is 16.0 Å². The molecular weight excluding hydrogens is 415 g/mol. The second kappa shape index (κ2) is 12.1. The fourth-order valence-corrected chi connectivity index (χ4v) is 1.90. The summed E-state index contributed by atoms with van der Waals surface area (Å²) in [5.74, 6) is 0.769. The molecule has 0 aliphatic rings. The monoisotopic (exact) mass is 446 g/mol. The van der Waals surface area contributed by atoms with E-state index in [1.54, 1.807) is 7.05 Å². The second-order valence-electron chi connectivity index (χ2n) is 5.86. The van der Waals surface area contributed by atoms with Gasteiger partial charge in [0, 0.05) is 31.2 Å². The molecule has 0 aromatic heterocycles. The molecule has 0 saturated heterocycles. The Bertz CT molecular complexity index is 516. The smallest absolute Gasteiger partial charge is 0.251 e. The first-order valence-corrected chi connectivity index (χ1v) is 8.37. The summed E-state index contributed by atoms with van der Waals surface area (Å²) in [4.78, 5) is 16.2. The summed E-state index contributed by atoms with van der Waals surface area (Å²) in [7, 11) is 1.76. The van der Waals surface area contributed by atoms with Crippen molar-refractivity contribution in [3.8, 4) is 0 Å². The second-order valence-corrected chi connectivity index (χ2v) is 5.86. The molecule has 1 aromatic rings. The Hall–Kier alpha value is -1.31. The number of aliphatic imine (C=N–C) groups is 1. The maximum absolute atomic E-state index is 12.0. The number of hydrogen-bond acceptors (Lipinski definition) is 2. The summed E-state index contributed by atoms with van der Waals surface area (Å²) < 4.78 is 0. The Balaban J connectivity index is 0.00000529. The highest BCUT2D eigenvalue weighted by atomic mass is 127. The molecule has 2 atom stereocenters. The predicted molar refractivity (Wildman–Crippen MR) is 112 cm³/mol. The van der Waals surface area contributed by atoms with Gasteiger partial charge in [0.05, 0.1) is 0 Å². The molecule has 0 aliphatic carbocycles. The first-order chi connectivity index (χ1) is 11.0. The van der Waals surface area contributed by atoms with Gasteiger partial charge < -0.3 is 16.0 Å². The average Bonchev–Trinajstić information content (AvgIpc) is 2.58. The average molecular weight is 446 g/mol. The lowest BCUT2D eigenvalue weighted by Gasteiger charge is -2.16. The maximum Gasteiger partial charge on any atom is 0.251 e. The highest BCUT2D eigenvalue weighted by Gasteiger charge is 2.08. The number of rotatable bonds is 7. The van der Waals surface area contributed by atoms with Crippen molar-refractivity contribution in [2.24, 2.45) is 4.99 Å². The van der Waals surface area contributed by atoms with Crippen LogP contribution in [0.3, 0.4) is 0 Å². The van der Waals surface area contributed by atoms with Crippen LogP contribution in [-0.4, -0.2) is 31.0 Å². The molecule has 24 heavy (non-hydrogen) atoms. The first-order valence-electron chi connectivity index (χ1n) is 8.37. The van der Waals surface area contributed by atoms with Crippen molar-refractivity contribution < 1.29 is 4.79 Å². The Morgan fingerprint density at radius 3 is 2.08 bits per heavy atom. The number of guanidine groups is 1. The maximum atomic E-state index is 12.0. The normalized spacial score (nSPS) is 13.5. The summed E-state index contributed by atoms with van der Waals surface area (Å²) in [6.07, 6.45) is 1.97. The molecule has 1 aromatic carbocycles. The largest absolute Gasteiger partial charge is 0.354 e. The highest BCUT2D eigenvalue weighted by molar-refractivity contribution is 14.0. The van der Waals surface area contributed by atoms with E-state index >= 15 is 0 Å². The van der Waals surface area contributed by atoms with Crippen molar-refractivity contribution >= 4 is 35.8 Å². The van der Waals surface area contributed by atoms with Crippen LogP contribution in [0.2, 0.25) is 0 Å². The zero-order valence-electron chi connectivity index (χ0n) is 15.3. The number of amides is 1. The van der Waals surface area contributed by atoms with Crippen molar-refractivity contribution in [3.05, 3.63) is 35.4 Å². The molecule has 0 saturated carbocycles. The van der Waals surface area contributed by atoms with E-state index in [1.165, 1.54) is 0 Å². The third-order valence-electron chi connectivity index (χ3n) is 3.89. The predicted octanol–water partition coefficient (Wildman–Crippen LogP) is 3.30. The quantitative estimate of drug-likeness (QED) is 0.342. The molecule has 1 rings (SSSR count). The summed E-state index contributed by atoms with van der Waals surface area (Å²) in [5.41, 5.74) is 1.80. The standard InChI is InChI=1S/C18H30N4O.HI/c1-6-13(3)21-17(23)16-10-8-15(9-11-16)12-20-18(19-5)22-14(4)7-2;/h8-11,13-14H,6-7,12H2,1-5H3,(H,21,23)(H2,19,20,22);1H. The minimum absolute atomic E-state index is 0. The van der Waals surface area contributed by atoms with E-state index in [9.17, 15) is 4.79 Å². The third-order valence-corrected chi connectivity index (χ3v) is 3.89. The van der Waals surface area contributed by atoms with Crippen LogP contribution in [-0.2, 0) is 6.54 Å². The van der Waals surface area contributed by atoms with E-state index in [2.05, 4.69) is 41.7 Å². The van der Waals surface area contributed by atoms with E-state index in [0.29, 0.717) is 18.2 Å². The van der Waals surface area contributed by atoms with Gasteiger partial charge >= 0.3 is 0 Å². The van der Waals surface area contributed by atoms with Crippen molar-refractivity contribution in [2.75, 3.05) is 7.05 Å². The molecule has 0 fully saturated rings. The molecule has 0 heterocycles. The number of nitrogens with one attached hydrogen (secondary N) is 3. The topological polar surface area (TPSA) is 65.5 Å². The van der Waals surface area contributed by atoms with Gasteiger partial charge in [-0.3, -0.25) is 9.79 Å². The fraction of sp³-hybridized carbons (Fsp3) is 0.556. The van der Waals surface area contributed by atoms with Crippen LogP contribution in [0.15, 0.2) is 29.3 Å². The van der Waals surface area contributed by atoms with Gasteiger partial charge in [0.1, 0.15) is 0 Å². The van der Waals surface area contributed by atoms with Gasteiger partial charge in [-0.15, -0.1) is 24.0 Å². The summed E-state index contributed by atoms with van der Waals surface area (Å²) in [6.45, 7) is 8.99. The number of hydrogen-bond donors (Lipinski definition) is 3. The van der Waals surface area contributed by atoms with Gasteiger partial charge in [-0.25, -0.2) is 0 Å². The molecule has 2 unspecified atom stereocenters. The molecule has 0 aliphatic heterocycles. The van der Waals surface area contributed by atoms with Crippen LogP contribution in [0.4, 0.5) is 0 Å². The number of halogens is 1. The number of carbonyl (C=O) groups is 1. The van der Waals surface area contributed by atoms with Gasteiger partial charge in [-0.05, 0) is 44.4 Å². The van der Waals surface area contributed by atoms with Gasteiger partial charge in [0.25, 0.3) is 5.91 Å². The lowest BCUT2D eigenvalue weighted by molar-refractivity contribution is 0.0939. The Labute approximate surface area is 163 Å². The number of carbonyl (C=O) groups excluding carboxylic acids is 1. The van der Waals surface area contributed by atoms with Crippen molar-refractivity contribution in [1.29, 1.82) is 0 Å². The van der Waals surface area contributed by atoms with Crippen LogP contribution in [0.25, 0.3) is 0 Å². The molecular formula is C18H31IN4O. The minimum atomic E-state index is -0.0203. The molecule has 0 bridgehead atoms. The fourth-order valence-electron chi connectivity index (χ4n) is 1.90. The zero-order valence-corrected chi connectivity index (χ0v) is 17.7.